The minimum Gasteiger partial charge on any atom is -0.378 e. The zero-order valence-corrected chi connectivity index (χ0v) is 9.35. The number of hydrogen-bond donors (Lipinski definition) is 0. The van der Waals surface area contributed by atoms with E-state index in [4.69, 9.17) is 4.74 Å². The fourth-order valence-electron chi connectivity index (χ4n) is 1.62. The molecule has 0 aromatic carbocycles. The van der Waals surface area contributed by atoms with Crippen LogP contribution in [0.15, 0.2) is 0 Å². The molecule has 0 aromatic rings. The second-order valence-electron chi connectivity index (χ2n) is 3.22. The van der Waals surface area contributed by atoms with E-state index in [1.165, 1.54) is 19.4 Å². The molecular formula is C9H18BrNO. The molecule has 1 saturated heterocycles. The standard InChI is InChI=1S/C9H18BrNO/c1-2-9-8-12-7-6-11(9)5-3-4-10/h9H,2-8H2,1H3. The minimum atomic E-state index is 0.665. The largest absolute Gasteiger partial charge is 0.378 e. The van der Waals surface area contributed by atoms with Crippen molar-refractivity contribution in [1.82, 2.24) is 4.90 Å². The highest BCUT2D eigenvalue weighted by Crippen LogP contribution is 2.10. The molecule has 1 rings (SSSR count). The molecule has 3 heteroatoms. The third-order valence-corrected chi connectivity index (χ3v) is 2.96. The van der Waals surface area contributed by atoms with Crippen LogP contribution in [0.3, 0.4) is 0 Å². The Morgan fingerprint density at radius 1 is 1.58 bits per heavy atom. The van der Waals surface area contributed by atoms with Crippen LogP contribution in [-0.2, 0) is 4.74 Å². The van der Waals surface area contributed by atoms with Gasteiger partial charge in [-0.15, -0.1) is 0 Å². The van der Waals surface area contributed by atoms with Gasteiger partial charge in [-0.25, -0.2) is 0 Å². The van der Waals surface area contributed by atoms with Gasteiger partial charge in [0.2, 0.25) is 0 Å². The van der Waals surface area contributed by atoms with Crippen molar-refractivity contribution in [3.8, 4) is 0 Å². The second kappa shape index (κ2) is 5.95. The van der Waals surface area contributed by atoms with Crippen LogP contribution < -0.4 is 0 Å². The Kier molecular flexibility index (Phi) is 5.19. The van der Waals surface area contributed by atoms with Gasteiger partial charge in [0.25, 0.3) is 0 Å². The Morgan fingerprint density at radius 3 is 3.08 bits per heavy atom. The molecule has 1 fully saturated rings. The van der Waals surface area contributed by atoms with Crippen LogP contribution in [0, 0.1) is 0 Å². The predicted octanol–water partition coefficient (Wildman–Crippen LogP) is 1.88. The zero-order valence-electron chi connectivity index (χ0n) is 7.76. The molecule has 1 unspecified atom stereocenters. The highest BCUT2D eigenvalue weighted by atomic mass is 79.9. The normalized spacial score (nSPS) is 26.0. The smallest absolute Gasteiger partial charge is 0.0622 e. The van der Waals surface area contributed by atoms with E-state index < -0.39 is 0 Å². The first-order chi connectivity index (χ1) is 5.88. The van der Waals surface area contributed by atoms with E-state index in [2.05, 4.69) is 27.8 Å². The lowest BCUT2D eigenvalue weighted by Gasteiger charge is -2.34. The van der Waals surface area contributed by atoms with E-state index in [1.807, 2.05) is 0 Å². The lowest BCUT2D eigenvalue weighted by atomic mass is 10.1. The van der Waals surface area contributed by atoms with Crippen LogP contribution in [0.4, 0.5) is 0 Å². The van der Waals surface area contributed by atoms with Crippen molar-refractivity contribution in [2.24, 2.45) is 0 Å². The predicted molar refractivity (Wildman–Crippen MR) is 54.9 cm³/mol. The van der Waals surface area contributed by atoms with Crippen molar-refractivity contribution in [2.75, 3.05) is 31.6 Å². The molecule has 72 valence electrons. The summed E-state index contributed by atoms with van der Waals surface area (Å²) in [4.78, 5) is 2.55. The summed E-state index contributed by atoms with van der Waals surface area (Å²) in [5.74, 6) is 0. The van der Waals surface area contributed by atoms with E-state index in [1.54, 1.807) is 0 Å². The Morgan fingerprint density at radius 2 is 2.42 bits per heavy atom. The van der Waals surface area contributed by atoms with Gasteiger partial charge in [-0.2, -0.15) is 0 Å². The highest BCUT2D eigenvalue weighted by Gasteiger charge is 2.19. The number of nitrogens with zero attached hydrogens (tertiary/aromatic N) is 1. The Bertz CT molecular complexity index is 121. The highest BCUT2D eigenvalue weighted by molar-refractivity contribution is 9.09. The van der Waals surface area contributed by atoms with Crippen LogP contribution in [0.2, 0.25) is 0 Å². The molecule has 0 aromatic heterocycles. The van der Waals surface area contributed by atoms with E-state index in [9.17, 15) is 0 Å². The van der Waals surface area contributed by atoms with Crippen LogP contribution in [0.25, 0.3) is 0 Å². The third kappa shape index (κ3) is 3.04. The Hall–Kier alpha value is 0.400. The number of morpholine rings is 1. The summed E-state index contributed by atoms with van der Waals surface area (Å²) in [6.45, 7) is 6.41. The first kappa shape index (κ1) is 10.5. The summed E-state index contributed by atoms with van der Waals surface area (Å²) >= 11 is 3.46. The lowest BCUT2D eigenvalue weighted by molar-refractivity contribution is -0.00821. The van der Waals surface area contributed by atoms with Crippen molar-refractivity contribution in [1.29, 1.82) is 0 Å². The Labute approximate surface area is 83.4 Å². The SMILES string of the molecule is CCC1COCCN1CCCBr. The molecule has 0 amide bonds. The van der Waals surface area contributed by atoms with Crippen molar-refractivity contribution in [3.63, 3.8) is 0 Å². The molecule has 1 aliphatic rings. The van der Waals surface area contributed by atoms with Gasteiger partial charge in [-0.1, -0.05) is 22.9 Å². The van der Waals surface area contributed by atoms with Gasteiger partial charge in [-0.3, -0.25) is 4.90 Å². The first-order valence-electron chi connectivity index (χ1n) is 4.76. The van der Waals surface area contributed by atoms with Crippen LogP contribution >= 0.6 is 15.9 Å². The maximum Gasteiger partial charge on any atom is 0.0622 e. The minimum absolute atomic E-state index is 0.665. The summed E-state index contributed by atoms with van der Waals surface area (Å²) in [7, 11) is 0. The van der Waals surface area contributed by atoms with Crippen LogP contribution in [-0.4, -0.2) is 42.6 Å². The molecular weight excluding hydrogens is 218 g/mol. The third-order valence-electron chi connectivity index (χ3n) is 2.40. The van der Waals surface area contributed by atoms with Crippen LogP contribution in [0.5, 0.6) is 0 Å². The maximum absolute atomic E-state index is 5.43. The quantitative estimate of drug-likeness (QED) is 0.691. The van der Waals surface area contributed by atoms with Crippen molar-refractivity contribution < 1.29 is 4.74 Å². The number of alkyl halides is 1. The summed E-state index contributed by atoms with van der Waals surface area (Å²) < 4.78 is 5.43. The number of hydrogen-bond acceptors (Lipinski definition) is 2. The number of rotatable bonds is 4. The van der Waals surface area contributed by atoms with Crippen LogP contribution in [0.1, 0.15) is 19.8 Å². The monoisotopic (exact) mass is 235 g/mol. The summed E-state index contributed by atoms with van der Waals surface area (Å²) in [5.41, 5.74) is 0. The van der Waals surface area contributed by atoms with Gasteiger partial charge in [0.1, 0.15) is 0 Å². The fourth-order valence-corrected chi connectivity index (χ4v) is 1.87. The van der Waals surface area contributed by atoms with Crippen molar-refractivity contribution in [3.05, 3.63) is 0 Å². The molecule has 0 aliphatic carbocycles. The van der Waals surface area contributed by atoms with Gasteiger partial charge in [-0.05, 0) is 19.4 Å². The van der Waals surface area contributed by atoms with E-state index in [0.29, 0.717) is 6.04 Å². The molecule has 0 N–H and O–H groups in total. The van der Waals surface area contributed by atoms with Gasteiger partial charge in [0.05, 0.1) is 13.2 Å². The molecule has 2 nitrogen and oxygen atoms in total. The van der Waals surface area contributed by atoms with E-state index in [-0.39, 0.29) is 0 Å². The average molecular weight is 236 g/mol. The molecule has 0 spiro atoms. The topological polar surface area (TPSA) is 12.5 Å². The molecule has 1 atom stereocenters. The molecule has 0 radical (unpaired) electrons. The van der Waals surface area contributed by atoms with Gasteiger partial charge in [0, 0.05) is 17.9 Å². The Balaban J connectivity index is 2.26. The summed E-state index contributed by atoms with van der Waals surface area (Å²) in [6, 6.07) is 0.665. The summed E-state index contributed by atoms with van der Waals surface area (Å²) in [5, 5.41) is 1.11. The average Bonchev–Trinajstić information content (AvgIpc) is 2.15. The molecule has 0 saturated carbocycles. The maximum atomic E-state index is 5.43. The van der Waals surface area contributed by atoms with Crippen molar-refractivity contribution in [2.45, 2.75) is 25.8 Å². The second-order valence-corrected chi connectivity index (χ2v) is 4.01. The molecule has 0 bridgehead atoms. The molecule has 1 heterocycles. The molecule has 1 aliphatic heterocycles. The summed E-state index contributed by atoms with van der Waals surface area (Å²) in [6.07, 6.45) is 2.46. The van der Waals surface area contributed by atoms with Gasteiger partial charge < -0.3 is 4.74 Å². The van der Waals surface area contributed by atoms with E-state index in [0.717, 1.165) is 25.1 Å². The first-order valence-corrected chi connectivity index (χ1v) is 5.88. The van der Waals surface area contributed by atoms with E-state index >= 15 is 0 Å². The van der Waals surface area contributed by atoms with Gasteiger partial charge >= 0.3 is 0 Å². The van der Waals surface area contributed by atoms with Gasteiger partial charge in [0.15, 0.2) is 0 Å². The number of halogens is 1. The molecule has 12 heavy (non-hydrogen) atoms. The van der Waals surface area contributed by atoms with Crippen molar-refractivity contribution >= 4 is 15.9 Å². The zero-order chi connectivity index (χ0) is 8.81. The number of ether oxygens (including phenoxy) is 1. The lowest BCUT2D eigenvalue weighted by Crippen LogP contribution is -2.45. The fraction of sp³-hybridized carbons (Fsp3) is 1.00.